The summed E-state index contributed by atoms with van der Waals surface area (Å²) in [4.78, 5) is 12.5. The standard InChI is InChI=1S/C20H17NO/c22-19-17-13-7-8-14-18(17)20(21-19,15-9-3-1-4-10-15)16-11-5-2-6-12-16/h1,3-5,7-14H,2,6H2,(H,21,22). The van der Waals surface area contributed by atoms with Gasteiger partial charge in [-0.15, -0.1) is 0 Å². The van der Waals surface area contributed by atoms with E-state index < -0.39 is 5.54 Å². The summed E-state index contributed by atoms with van der Waals surface area (Å²) >= 11 is 0. The number of allylic oxidation sites excluding steroid dienone is 2. The van der Waals surface area contributed by atoms with Gasteiger partial charge in [0.1, 0.15) is 5.54 Å². The maximum Gasteiger partial charge on any atom is 0.252 e. The van der Waals surface area contributed by atoms with Crippen molar-refractivity contribution in [2.24, 2.45) is 0 Å². The molecule has 2 heteroatoms. The van der Waals surface area contributed by atoms with Gasteiger partial charge in [-0.3, -0.25) is 4.79 Å². The van der Waals surface area contributed by atoms with Crippen molar-refractivity contribution in [2.45, 2.75) is 18.4 Å². The van der Waals surface area contributed by atoms with Crippen LogP contribution in [0.4, 0.5) is 0 Å². The smallest absolute Gasteiger partial charge is 0.252 e. The van der Waals surface area contributed by atoms with Gasteiger partial charge >= 0.3 is 0 Å². The lowest BCUT2D eigenvalue weighted by molar-refractivity contribution is 0.0948. The van der Waals surface area contributed by atoms with Crippen molar-refractivity contribution >= 4 is 5.91 Å². The number of nitrogens with one attached hydrogen (secondary N) is 1. The molecule has 1 unspecified atom stereocenters. The van der Waals surface area contributed by atoms with Gasteiger partial charge in [0.25, 0.3) is 5.91 Å². The van der Waals surface area contributed by atoms with Gasteiger partial charge < -0.3 is 5.32 Å². The van der Waals surface area contributed by atoms with Crippen LogP contribution in [0.3, 0.4) is 0 Å². The van der Waals surface area contributed by atoms with Gasteiger partial charge in [-0.2, -0.15) is 0 Å². The Bertz CT molecular complexity index is 788. The third-order valence-electron chi connectivity index (χ3n) is 4.51. The van der Waals surface area contributed by atoms with Gasteiger partial charge in [-0.1, -0.05) is 66.8 Å². The quantitative estimate of drug-likeness (QED) is 0.890. The highest BCUT2D eigenvalue weighted by atomic mass is 16.2. The van der Waals surface area contributed by atoms with Crippen molar-refractivity contribution < 1.29 is 4.79 Å². The second-order valence-electron chi connectivity index (χ2n) is 5.75. The first-order valence-electron chi connectivity index (χ1n) is 7.67. The van der Waals surface area contributed by atoms with E-state index >= 15 is 0 Å². The van der Waals surface area contributed by atoms with Crippen molar-refractivity contribution in [3.05, 3.63) is 95.1 Å². The summed E-state index contributed by atoms with van der Waals surface area (Å²) in [6.07, 6.45) is 8.66. The molecule has 22 heavy (non-hydrogen) atoms. The molecular weight excluding hydrogens is 270 g/mol. The molecule has 0 bridgehead atoms. The molecule has 0 saturated heterocycles. The van der Waals surface area contributed by atoms with E-state index in [0.29, 0.717) is 0 Å². The van der Waals surface area contributed by atoms with Crippen LogP contribution in [-0.4, -0.2) is 5.91 Å². The molecule has 0 saturated carbocycles. The Hall–Kier alpha value is -2.61. The highest BCUT2D eigenvalue weighted by Gasteiger charge is 2.46. The van der Waals surface area contributed by atoms with E-state index in [9.17, 15) is 4.79 Å². The van der Waals surface area contributed by atoms with E-state index in [-0.39, 0.29) is 5.91 Å². The third-order valence-corrected chi connectivity index (χ3v) is 4.51. The summed E-state index contributed by atoms with van der Waals surface area (Å²) in [5.74, 6) is -0.000624. The second kappa shape index (κ2) is 4.99. The van der Waals surface area contributed by atoms with Crippen LogP contribution >= 0.6 is 0 Å². The molecule has 1 aliphatic heterocycles. The van der Waals surface area contributed by atoms with Crippen LogP contribution < -0.4 is 5.32 Å². The number of hydrogen-bond acceptors (Lipinski definition) is 1. The zero-order chi connectivity index (χ0) is 15.0. The summed E-state index contributed by atoms with van der Waals surface area (Å²) in [5.41, 5.74) is 3.51. The third kappa shape index (κ3) is 1.77. The molecule has 0 spiro atoms. The predicted molar refractivity (Wildman–Crippen MR) is 87.6 cm³/mol. The number of rotatable bonds is 2. The summed E-state index contributed by atoms with van der Waals surface area (Å²) in [5, 5.41) is 3.26. The SMILES string of the molecule is O=C1NC(C2=CCCC=C2)(c2ccccc2)c2ccccc21. The van der Waals surface area contributed by atoms with Crippen LogP contribution in [0.2, 0.25) is 0 Å². The molecule has 1 atom stereocenters. The minimum Gasteiger partial charge on any atom is -0.334 e. The lowest BCUT2D eigenvalue weighted by atomic mass is 9.76. The molecule has 1 aliphatic carbocycles. The van der Waals surface area contributed by atoms with Crippen LogP contribution in [0.5, 0.6) is 0 Å². The number of carbonyl (C=O) groups excluding carboxylic acids is 1. The summed E-state index contributed by atoms with van der Waals surface area (Å²) in [6, 6.07) is 18.1. The molecule has 0 fully saturated rings. The Kier molecular flexibility index (Phi) is 2.97. The zero-order valence-electron chi connectivity index (χ0n) is 12.3. The maximum absolute atomic E-state index is 12.5. The fourth-order valence-electron chi connectivity index (χ4n) is 3.51. The second-order valence-corrected chi connectivity index (χ2v) is 5.75. The van der Waals surface area contributed by atoms with Gasteiger partial charge in [0.05, 0.1) is 0 Å². The number of hydrogen-bond donors (Lipinski definition) is 1. The van der Waals surface area contributed by atoms with Gasteiger partial charge in [-0.05, 0) is 35.6 Å². The van der Waals surface area contributed by atoms with E-state index in [1.54, 1.807) is 0 Å². The van der Waals surface area contributed by atoms with Gasteiger partial charge in [0, 0.05) is 5.56 Å². The summed E-state index contributed by atoms with van der Waals surface area (Å²) in [6.45, 7) is 0. The van der Waals surface area contributed by atoms with Crippen LogP contribution in [0, 0.1) is 0 Å². The molecule has 0 radical (unpaired) electrons. The van der Waals surface area contributed by atoms with Crippen LogP contribution in [0.15, 0.2) is 78.4 Å². The summed E-state index contributed by atoms with van der Waals surface area (Å²) in [7, 11) is 0. The van der Waals surface area contributed by atoms with Crippen LogP contribution in [0.1, 0.15) is 34.3 Å². The normalized spacial score (nSPS) is 22.9. The fraction of sp³-hybridized carbons (Fsp3) is 0.150. The molecular formula is C20H17NO. The van der Waals surface area contributed by atoms with Crippen molar-refractivity contribution in [1.82, 2.24) is 5.32 Å². The van der Waals surface area contributed by atoms with Gasteiger partial charge in [0.2, 0.25) is 0 Å². The first kappa shape index (κ1) is 13.1. The van der Waals surface area contributed by atoms with E-state index in [0.717, 1.165) is 35.1 Å². The topological polar surface area (TPSA) is 29.1 Å². The first-order valence-corrected chi connectivity index (χ1v) is 7.67. The highest BCUT2D eigenvalue weighted by Crippen LogP contribution is 2.44. The molecule has 2 nitrogen and oxygen atoms in total. The van der Waals surface area contributed by atoms with Gasteiger partial charge in [0.15, 0.2) is 0 Å². The first-order chi connectivity index (χ1) is 10.8. The molecule has 2 aromatic carbocycles. The molecule has 2 aliphatic rings. The Labute approximate surface area is 130 Å². The monoisotopic (exact) mass is 287 g/mol. The molecule has 1 amide bonds. The molecule has 0 aromatic heterocycles. The van der Waals surface area contributed by atoms with E-state index in [2.05, 4.69) is 41.7 Å². The van der Waals surface area contributed by atoms with Crippen molar-refractivity contribution in [1.29, 1.82) is 0 Å². The van der Waals surface area contributed by atoms with Crippen molar-refractivity contribution in [2.75, 3.05) is 0 Å². The molecule has 108 valence electrons. The predicted octanol–water partition coefficient (Wildman–Crippen LogP) is 3.95. The lowest BCUT2D eigenvalue weighted by Crippen LogP contribution is -2.42. The maximum atomic E-state index is 12.5. The zero-order valence-corrected chi connectivity index (χ0v) is 12.3. The molecule has 1 heterocycles. The minimum atomic E-state index is -0.564. The molecule has 2 aromatic rings. The highest BCUT2D eigenvalue weighted by molar-refractivity contribution is 6.01. The van der Waals surface area contributed by atoms with Crippen LogP contribution in [0.25, 0.3) is 0 Å². The van der Waals surface area contributed by atoms with Crippen molar-refractivity contribution in [3.8, 4) is 0 Å². The Morgan fingerprint density at radius 3 is 2.45 bits per heavy atom. The Morgan fingerprint density at radius 1 is 0.909 bits per heavy atom. The Balaban J connectivity index is 2.02. The van der Waals surface area contributed by atoms with Crippen molar-refractivity contribution in [3.63, 3.8) is 0 Å². The van der Waals surface area contributed by atoms with Gasteiger partial charge in [-0.25, -0.2) is 0 Å². The Morgan fingerprint density at radius 2 is 1.68 bits per heavy atom. The fourth-order valence-corrected chi connectivity index (χ4v) is 3.51. The average molecular weight is 287 g/mol. The molecule has 4 rings (SSSR count). The van der Waals surface area contributed by atoms with E-state index in [4.69, 9.17) is 0 Å². The number of benzene rings is 2. The minimum absolute atomic E-state index is 0.000624. The number of fused-ring (bicyclic) bond motifs is 1. The molecule has 1 N–H and O–H groups in total. The van der Waals surface area contributed by atoms with E-state index in [1.165, 1.54) is 0 Å². The summed E-state index contributed by atoms with van der Waals surface area (Å²) < 4.78 is 0. The largest absolute Gasteiger partial charge is 0.334 e. The van der Waals surface area contributed by atoms with Crippen LogP contribution in [-0.2, 0) is 5.54 Å². The average Bonchev–Trinajstić information content (AvgIpc) is 2.91. The lowest BCUT2D eigenvalue weighted by Gasteiger charge is -2.33. The van der Waals surface area contributed by atoms with E-state index in [1.807, 2.05) is 36.4 Å². The number of carbonyl (C=O) groups is 1. The number of amides is 1.